The molecule has 1 aromatic rings. The Morgan fingerprint density at radius 2 is 2.00 bits per heavy atom. The lowest BCUT2D eigenvalue weighted by Gasteiger charge is -2.16. The van der Waals surface area contributed by atoms with Crippen LogP contribution < -0.4 is 5.32 Å². The molecule has 8 heteroatoms. The fourth-order valence-corrected chi connectivity index (χ4v) is 1.63. The van der Waals surface area contributed by atoms with Crippen LogP contribution in [0.1, 0.15) is 17.2 Å². The number of rotatable bonds is 1. The Morgan fingerprint density at radius 3 is 2.50 bits per heavy atom. The number of cyclic esters (lactones) is 1. The second-order valence-electron chi connectivity index (χ2n) is 3.52. The highest BCUT2D eigenvalue weighted by Gasteiger charge is 2.37. The van der Waals surface area contributed by atoms with Crippen LogP contribution in [0.2, 0.25) is 0 Å². The van der Waals surface area contributed by atoms with Crippen LogP contribution >= 0.6 is 12.4 Å². The van der Waals surface area contributed by atoms with Gasteiger partial charge in [-0.05, 0) is 17.7 Å². The number of carbonyl (C=O) groups is 1. The van der Waals surface area contributed by atoms with Crippen molar-refractivity contribution >= 4 is 18.5 Å². The van der Waals surface area contributed by atoms with Crippen molar-refractivity contribution in [3.8, 4) is 0 Å². The van der Waals surface area contributed by atoms with Gasteiger partial charge < -0.3 is 10.1 Å². The van der Waals surface area contributed by atoms with Gasteiger partial charge in [-0.3, -0.25) is 0 Å². The lowest BCUT2D eigenvalue weighted by atomic mass is 10.0. The van der Waals surface area contributed by atoms with Crippen LogP contribution in [0.3, 0.4) is 0 Å². The molecule has 0 bridgehead atoms. The summed E-state index contributed by atoms with van der Waals surface area (Å²) in [5.74, 6) is -0.980. The first-order chi connectivity index (χ1) is 7.88. The number of hydrogen-bond donors (Lipinski definition) is 1. The van der Waals surface area contributed by atoms with Crippen molar-refractivity contribution in [2.24, 2.45) is 0 Å². The second-order valence-corrected chi connectivity index (χ2v) is 3.52. The molecule has 1 saturated heterocycles. The van der Waals surface area contributed by atoms with Gasteiger partial charge in [0.2, 0.25) is 0 Å². The lowest BCUT2D eigenvalue weighted by molar-refractivity contribution is -0.138. The van der Waals surface area contributed by atoms with Gasteiger partial charge in [-0.25, -0.2) is 9.18 Å². The maximum atomic E-state index is 12.8. The first-order valence-electron chi connectivity index (χ1n) is 4.68. The van der Waals surface area contributed by atoms with Crippen LogP contribution in [-0.2, 0) is 10.9 Å². The predicted molar refractivity (Wildman–Crippen MR) is 55.9 cm³/mol. The second kappa shape index (κ2) is 5.01. The maximum Gasteiger partial charge on any atom is 0.416 e. The number of nitrogens with one attached hydrogen (secondary N) is 1. The number of benzene rings is 1. The van der Waals surface area contributed by atoms with E-state index in [1.165, 1.54) is 0 Å². The zero-order chi connectivity index (χ0) is 12.6. The highest BCUT2D eigenvalue weighted by atomic mass is 35.5. The average molecular weight is 286 g/mol. The minimum absolute atomic E-state index is 0. The predicted octanol–water partition coefficient (Wildman–Crippen LogP) is 3.05. The summed E-state index contributed by atoms with van der Waals surface area (Å²) in [6.45, 7) is -0.201. The topological polar surface area (TPSA) is 38.3 Å². The van der Waals surface area contributed by atoms with Crippen molar-refractivity contribution in [3.63, 3.8) is 0 Å². The maximum absolute atomic E-state index is 12.8. The molecule has 1 heterocycles. The Bertz CT molecular complexity index is 464. The molecule has 3 nitrogen and oxygen atoms in total. The van der Waals surface area contributed by atoms with E-state index in [0.29, 0.717) is 6.07 Å². The molecule has 1 aliphatic rings. The molecule has 100 valence electrons. The Hall–Kier alpha value is -1.50. The quantitative estimate of drug-likeness (QED) is 0.806. The standard InChI is InChI=1S/C10H7F4NO2.ClH/c11-5-1-2-6(7(3-5)10(12,13)14)8-4-17-9(16)15-8;/h1-3,8H,4H2,(H,15,16);1H/t8-;/m1./s1. The SMILES string of the molecule is Cl.O=C1N[C@@H](c2ccc(F)cc2C(F)(F)F)CO1. The molecule has 1 aromatic carbocycles. The number of hydrogen-bond acceptors (Lipinski definition) is 2. The molecule has 0 aliphatic carbocycles. The molecule has 0 saturated carbocycles. The van der Waals surface area contributed by atoms with Gasteiger partial charge in [-0.15, -0.1) is 12.4 Å². The Kier molecular flexibility index (Phi) is 4.05. The highest BCUT2D eigenvalue weighted by Crippen LogP contribution is 2.36. The molecule has 0 aromatic heterocycles. The van der Waals surface area contributed by atoms with Crippen LogP contribution in [0.4, 0.5) is 22.4 Å². The molecule has 1 N–H and O–H groups in total. The number of alkyl halides is 3. The van der Waals surface area contributed by atoms with Crippen LogP contribution in [-0.4, -0.2) is 12.7 Å². The first-order valence-corrected chi connectivity index (χ1v) is 4.68. The third kappa shape index (κ3) is 2.84. The Morgan fingerprint density at radius 1 is 1.33 bits per heavy atom. The van der Waals surface area contributed by atoms with Gasteiger partial charge in [0.15, 0.2) is 0 Å². The monoisotopic (exact) mass is 285 g/mol. The summed E-state index contributed by atoms with van der Waals surface area (Å²) in [7, 11) is 0. The average Bonchev–Trinajstić information content (AvgIpc) is 2.63. The molecular formula is C10H8ClF4NO2. The normalized spacial score (nSPS) is 18.9. The van der Waals surface area contributed by atoms with E-state index in [1.54, 1.807) is 0 Å². The van der Waals surface area contributed by atoms with Gasteiger partial charge in [-0.2, -0.15) is 13.2 Å². The molecule has 0 radical (unpaired) electrons. The Balaban J connectivity index is 0.00000162. The van der Waals surface area contributed by atoms with Crippen LogP contribution in [0.15, 0.2) is 18.2 Å². The number of ether oxygens (including phenoxy) is 1. The van der Waals surface area contributed by atoms with E-state index in [2.05, 4.69) is 10.1 Å². The van der Waals surface area contributed by atoms with E-state index in [1.807, 2.05) is 0 Å². The number of alkyl carbamates (subject to hydrolysis) is 1. The Labute approximate surface area is 106 Å². The van der Waals surface area contributed by atoms with Crippen LogP contribution in [0.25, 0.3) is 0 Å². The molecule has 18 heavy (non-hydrogen) atoms. The number of amides is 1. The molecule has 1 atom stereocenters. The third-order valence-electron chi connectivity index (χ3n) is 2.37. The van der Waals surface area contributed by atoms with Gasteiger partial charge >= 0.3 is 12.3 Å². The summed E-state index contributed by atoms with van der Waals surface area (Å²) in [6, 6.07) is 1.41. The summed E-state index contributed by atoms with van der Waals surface area (Å²) in [5, 5.41) is 2.22. The highest BCUT2D eigenvalue weighted by molar-refractivity contribution is 5.85. The summed E-state index contributed by atoms with van der Waals surface area (Å²) < 4.78 is 55.3. The molecule has 1 fully saturated rings. The molecular weight excluding hydrogens is 278 g/mol. The fraction of sp³-hybridized carbons (Fsp3) is 0.300. The molecule has 0 unspecified atom stereocenters. The van der Waals surface area contributed by atoms with E-state index >= 15 is 0 Å². The van der Waals surface area contributed by atoms with E-state index in [9.17, 15) is 22.4 Å². The summed E-state index contributed by atoms with van der Waals surface area (Å²) in [6.07, 6.45) is -5.46. The molecule has 1 aliphatic heterocycles. The van der Waals surface area contributed by atoms with Gasteiger partial charge in [-0.1, -0.05) is 6.07 Å². The van der Waals surface area contributed by atoms with Crippen LogP contribution in [0.5, 0.6) is 0 Å². The minimum Gasteiger partial charge on any atom is -0.447 e. The van der Waals surface area contributed by atoms with E-state index in [0.717, 1.165) is 12.1 Å². The largest absolute Gasteiger partial charge is 0.447 e. The third-order valence-corrected chi connectivity index (χ3v) is 2.37. The van der Waals surface area contributed by atoms with E-state index in [4.69, 9.17) is 0 Å². The van der Waals surface area contributed by atoms with Gasteiger partial charge in [0, 0.05) is 0 Å². The number of halogens is 5. The summed E-state index contributed by atoms with van der Waals surface area (Å²) in [5.41, 5.74) is -1.31. The van der Waals surface area contributed by atoms with Crippen molar-refractivity contribution in [2.75, 3.05) is 6.61 Å². The van der Waals surface area contributed by atoms with Gasteiger partial charge in [0.05, 0.1) is 11.6 Å². The zero-order valence-electron chi connectivity index (χ0n) is 8.75. The number of carbonyl (C=O) groups excluding carboxylic acids is 1. The smallest absolute Gasteiger partial charge is 0.416 e. The van der Waals surface area contributed by atoms with E-state index < -0.39 is 29.7 Å². The minimum atomic E-state index is -4.68. The van der Waals surface area contributed by atoms with Crippen LogP contribution in [0, 0.1) is 5.82 Å². The van der Waals surface area contributed by atoms with Crippen molar-refractivity contribution in [2.45, 2.75) is 12.2 Å². The zero-order valence-corrected chi connectivity index (χ0v) is 9.57. The lowest BCUT2D eigenvalue weighted by Crippen LogP contribution is -2.22. The molecule has 1 amide bonds. The van der Waals surface area contributed by atoms with E-state index in [-0.39, 0.29) is 24.6 Å². The first kappa shape index (κ1) is 14.6. The molecule has 0 spiro atoms. The molecule has 2 rings (SSSR count). The van der Waals surface area contributed by atoms with Crippen molar-refractivity contribution in [1.29, 1.82) is 0 Å². The van der Waals surface area contributed by atoms with Crippen molar-refractivity contribution in [1.82, 2.24) is 5.32 Å². The van der Waals surface area contributed by atoms with Gasteiger partial charge in [0.1, 0.15) is 12.4 Å². The van der Waals surface area contributed by atoms with Gasteiger partial charge in [0.25, 0.3) is 0 Å². The van der Waals surface area contributed by atoms with Crippen molar-refractivity contribution < 1.29 is 27.1 Å². The fourth-order valence-electron chi connectivity index (χ4n) is 1.63. The summed E-state index contributed by atoms with van der Waals surface area (Å²) >= 11 is 0. The summed E-state index contributed by atoms with van der Waals surface area (Å²) in [4.78, 5) is 10.8. The van der Waals surface area contributed by atoms with Crippen molar-refractivity contribution in [3.05, 3.63) is 35.1 Å².